The van der Waals surface area contributed by atoms with E-state index in [-0.39, 0.29) is 17.2 Å². The molecular weight excluding hydrogens is 526 g/mol. The number of ketones is 1. The number of likely N-dealkylation sites (tertiary alicyclic amines) is 2. The number of benzene rings is 2. The lowest BCUT2D eigenvalue weighted by molar-refractivity contribution is 0.0589. The Balaban J connectivity index is 1.08. The summed E-state index contributed by atoms with van der Waals surface area (Å²) in [6.45, 7) is 8.34. The van der Waals surface area contributed by atoms with Gasteiger partial charge in [0.25, 0.3) is 11.5 Å². The van der Waals surface area contributed by atoms with Crippen LogP contribution >= 0.6 is 0 Å². The SMILES string of the molecule is CCc1c(C)nc2n(Cc3ccc(C(=O)c4ccc(C(=O)N5CCC(N6CCCCC6)CC5)cc4)cc3)ccn2c1=O. The number of aromatic nitrogens is 3. The van der Waals surface area contributed by atoms with Gasteiger partial charge in [0.15, 0.2) is 5.78 Å². The van der Waals surface area contributed by atoms with E-state index in [1.54, 1.807) is 34.9 Å². The zero-order chi connectivity index (χ0) is 29.2. The summed E-state index contributed by atoms with van der Waals surface area (Å²) in [5, 5.41) is 0. The van der Waals surface area contributed by atoms with Gasteiger partial charge >= 0.3 is 0 Å². The minimum absolute atomic E-state index is 0.0233. The predicted octanol–water partition coefficient (Wildman–Crippen LogP) is 4.74. The van der Waals surface area contributed by atoms with Gasteiger partial charge in [-0.05, 0) is 69.8 Å². The van der Waals surface area contributed by atoms with E-state index < -0.39 is 0 Å². The summed E-state index contributed by atoms with van der Waals surface area (Å²) < 4.78 is 3.53. The van der Waals surface area contributed by atoms with Crippen LogP contribution in [0.25, 0.3) is 5.78 Å². The van der Waals surface area contributed by atoms with Crippen LogP contribution < -0.4 is 5.56 Å². The lowest BCUT2D eigenvalue weighted by Gasteiger charge is -2.40. The molecule has 1 amide bonds. The van der Waals surface area contributed by atoms with E-state index in [1.165, 1.54) is 32.4 Å². The Labute approximate surface area is 246 Å². The highest BCUT2D eigenvalue weighted by Crippen LogP contribution is 2.22. The van der Waals surface area contributed by atoms with Gasteiger partial charge in [-0.2, -0.15) is 0 Å². The molecule has 2 aromatic carbocycles. The Morgan fingerprint density at radius 3 is 2.10 bits per heavy atom. The molecule has 0 atom stereocenters. The van der Waals surface area contributed by atoms with Gasteiger partial charge in [-0.15, -0.1) is 0 Å². The Morgan fingerprint density at radius 2 is 1.45 bits per heavy atom. The minimum Gasteiger partial charge on any atom is -0.339 e. The van der Waals surface area contributed by atoms with Gasteiger partial charge in [0.1, 0.15) is 0 Å². The van der Waals surface area contributed by atoms with Crippen LogP contribution in [0, 0.1) is 6.92 Å². The fourth-order valence-corrected chi connectivity index (χ4v) is 6.53. The van der Waals surface area contributed by atoms with E-state index in [1.807, 2.05) is 53.8 Å². The number of imidazole rings is 1. The van der Waals surface area contributed by atoms with Crippen molar-refractivity contribution >= 4 is 17.5 Å². The molecule has 0 aliphatic carbocycles. The number of aryl methyl sites for hydroxylation is 1. The molecule has 8 nitrogen and oxygen atoms in total. The summed E-state index contributed by atoms with van der Waals surface area (Å²) in [5.41, 5.74) is 4.25. The van der Waals surface area contributed by atoms with Crippen molar-refractivity contribution < 1.29 is 9.59 Å². The van der Waals surface area contributed by atoms with Gasteiger partial charge in [-0.25, -0.2) is 4.98 Å². The van der Waals surface area contributed by atoms with Gasteiger partial charge in [0, 0.05) is 59.5 Å². The lowest BCUT2D eigenvalue weighted by Crippen LogP contribution is -2.48. The van der Waals surface area contributed by atoms with Crippen LogP contribution in [0.4, 0.5) is 0 Å². The fourth-order valence-electron chi connectivity index (χ4n) is 6.53. The van der Waals surface area contributed by atoms with E-state index in [2.05, 4.69) is 9.88 Å². The van der Waals surface area contributed by atoms with Crippen LogP contribution in [-0.4, -0.2) is 67.7 Å². The first-order chi connectivity index (χ1) is 20.4. The fraction of sp³-hybridized carbons (Fsp3) is 0.412. The van der Waals surface area contributed by atoms with Crippen LogP contribution in [0.1, 0.15) is 82.1 Å². The number of piperidine rings is 2. The van der Waals surface area contributed by atoms with E-state index in [0.717, 1.165) is 42.8 Å². The zero-order valence-corrected chi connectivity index (χ0v) is 24.6. The van der Waals surface area contributed by atoms with E-state index >= 15 is 0 Å². The number of fused-ring (bicyclic) bond motifs is 1. The number of hydrogen-bond acceptors (Lipinski definition) is 5. The third-order valence-corrected chi connectivity index (χ3v) is 9.02. The van der Waals surface area contributed by atoms with Gasteiger partial charge in [0.05, 0.1) is 6.54 Å². The van der Waals surface area contributed by atoms with E-state index in [9.17, 15) is 14.4 Å². The minimum atomic E-state index is -0.0785. The Morgan fingerprint density at radius 1 is 0.833 bits per heavy atom. The summed E-state index contributed by atoms with van der Waals surface area (Å²) in [6.07, 6.45) is 10.3. The highest BCUT2D eigenvalue weighted by molar-refractivity contribution is 6.09. The molecule has 0 unspecified atom stereocenters. The molecule has 2 fully saturated rings. The van der Waals surface area contributed by atoms with Gasteiger partial charge in [0.2, 0.25) is 5.78 Å². The van der Waals surface area contributed by atoms with Crippen molar-refractivity contribution in [2.75, 3.05) is 26.2 Å². The maximum Gasteiger partial charge on any atom is 0.262 e. The highest BCUT2D eigenvalue weighted by atomic mass is 16.2. The Bertz CT molecular complexity index is 1640. The number of hydrogen-bond donors (Lipinski definition) is 0. The lowest BCUT2D eigenvalue weighted by atomic mass is 9.98. The molecule has 0 radical (unpaired) electrons. The summed E-state index contributed by atoms with van der Waals surface area (Å²) in [6, 6.07) is 15.2. The van der Waals surface area contributed by atoms with Crippen molar-refractivity contribution in [3.63, 3.8) is 0 Å². The van der Waals surface area contributed by atoms with Crippen LogP contribution in [0.2, 0.25) is 0 Å². The average Bonchev–Trinajstić information content (AvgIpc) is 3.43. The summed E-state index contributed by atoms with van der Waals surface area (Å²) in [7, 11) is 0. The predicted molar refractivity (Wildman–Crippen MR) is 163 cm³/mol. The largest absolute Gasteiger partial charge is 0.339 e. The molecule has 0 N–H and O–H groups in total. The van der Waals surface area contributed by atoms with Gasteiger partial charge < -0.3 is 14.4 Å². The van der Waals surface area contributed by atoms with E-state index in [4.69, 9.17) is 0 Å². The molecule has 218 valence electrons. The molecule has 42 heavy (non-hydrogen) atoms. The molecule has 2 aliphatic rings. The quantitative estimate of drug-likeness (QED) is 0.303. The first kappa shape index (κ1) is 28.1. The Hall–Kier alpha value is -4.04. The number of amides is 1. The molecular formula is C34H39N5O3. The molecule has 4 heterocycles. The smallest absolute Gasteiger partial charge is 0.262 e. The summed E-state index contributed by atoms with van der Waals surface area (Å²) in [5.74, 6) is 0.576. The third-order valence-electron chi connectivity index (χ3n) is 9.02. The molecule has 2 aliphatic heterocycles. The molecule has 8 heteroatoms. The standard InChI is InChI=1S/C34H39N5O3/c1-3-30-24(2)35-34-38(21-22-39(34)33(30)42)23-25-7-9-26(10-8-25)31(40)27-11-13-28(14-12-27)32(41)37-19-15-29(16-20-37)36-17-5-4-6-18-36/h7-14,21-22,29H,3-6,15-20,23H2,1-2H3. The molecule has 0 saturated carbocycles. The number of carbonyl (C=O) groups is 2. The highest BCUT2D eigenvalue weighted by Gasteiger charge is 2.28. The summed E-state index contributed by atoms with van der Waals surface area (Å²) in [4.78, 5) is 48.3. The van der Waals surface area contributed by atoms with Gasteiger partial charge in [-0.3, -0.25) is 18.8 Å². The van der Waals surface area contributed by atoms with Crippen LogP contribution in [0.15, 0.2) is 65.7 Å². The van der Waals surface area contributed by atoms with Crippen molar-refractivity contribution in [3.05, 3.63) is 105 Å². The van der Waals surface area contributed by atoms with E-state index in [0.29, 0.717) is 41.5 Å². The summed E-state index contributed by atoms with van der Waals surface area (Å²) >= 11 is 0. The van der Waals surface area contributed by atoms with Crippen LogP contribution in [-0.2, 0) is 13.0 Å². The molecule has 6 rings (SSSR count). The molecule has 2 saturated heterocycles. The number of nitrogens with zero attached hydrogens (tertiary/aromatic N) is 5. The van der Waals surface area contributed by atoms with Crippen molar-refractivity contribution in [1.29, 1.82) is 0 Å². The van der Waals surface area contributed by atoms with Crippen molar-refractivity contribution in [1.82, 2.24) is 23.8 Å². The second-order valence-electron chi connectivity index (χ2n) is 11.7. The maximum atomic E-state index is 13.2. The van der Waals surface area contributed by atoms with Crippen molar-refractivity contribution in [3.8, 4) is 0 Å². The molecule has 0 spiro atoms. The molecule has 0 bridgehead atoms. The topological polar surface area (TPSA) is 79.9 Å². The van der Waals surface area contributed by atoms with Crippen molar-refractivity contribution in [2.24, 2.45) is 0 Å². The average molecular weight is 566 g/mol. The molecule has 2 aromatic heterocycles. The monoisotopic (exact) mass is 565 g/mol. The second kappa shape index (κ2) is 12.1. The van der Waals surface area contributed by atoms with Gasteiger partial charge in [-0.1, -0.05) is 49.7 Å². The number of rotatable bonds is 7. The normalized spacial score (nSPS) is 16.7. The van der Waals surface area contributed by atoms with Crippen molar-refractivity contribution in [2.45, 2.75) is 65.0 Å². The zero-order valence-electron chi connectivity index (χ0n) is 24.6. The van der Waals surface area contributed by atoms with Crippen LogP contribution in [0.5, 0.6) is 0 Å². The second-order valence-corrected chi connectivity index (χ2v) is 11.7. The third kappa shape index (κ3) is 5.55. The van der Waals surface area contributed by atoms with Crippen LogP contribution in [0.3, 0.4) is 0 Å². The Kier molecular flexibility index (Phi) is 8.07. The molecule has 4 aromatic rings. The maximum absolute atomic E-state index is 13.2. The number of carbonyl (C=O) groups excluding carboxylic acids is 2. The first-order valence-corrected chi connectivity index (χ1v) is 15.3. The first-order valence-electron chi connectivity index (χ1n) is 15.3.